The first-order chi connectivity index (χ1) is 11.9. The summed E-state index contributed by atoms with van der Waals surface area (Å²) in [7, 11) is 0. The molecule has 25 heavy (non-hydrogen) atoms. The Kier molecular flexibility index (Phi) is 4.88. The number of carbonyl (C=O) groups excluding carboxylic acids is 1. The van der Waals surface area contributed by atoms with Crippen molar-refractivity contribution in [3.05, 3.63) is 42.9 Å². The van der Waals surface area contributed by atoms with E-state index < -0.39 is 18.6 Å². The number of benzene rings is 1. The van der Waals surface area contributed by atoms with E-state index in [0.717, 1.165) is 17.4 Å². The number of hydrogen-bond acceptors (Lipinski definition) is 5. The third-order valence-corrected chi connectivity index (χ3v) is 4.16. The lowest BCUT2D eigenvalue weighted by Crippen LogP contribution is -2.34. The van der Waals surface area contributed by atoms with E-state index in [0.29, 0.717) is 16.1 Å². The lowest BCUT2D eigenvalue weighted by molar-refractivity contribution is -0.136. The van der Waals surface area contributed by atoms with Gasteiger partial charge in [-0.2, -0.15) is 18.3 Å². The molecule has 1 N–H and O–H groups in total. The maximum Gasteiger partial charge on any atom is 0.405 e. The van der Waals surface area contributed by atoms with Crippen LogP contribution in [0.2, 0.25) is 0 Å². The fourth-order valence-corrected chi connectivity index (χ4v) is 2.87. The minimum Gasteiger partial charge on any atom is -0.346 e. The maximum absolute atomic E-state index is 12.1. The molecule has 10 heteroatoms. The topological polar surface area (TPSA) is 72.7 Å². The van der Waals surface area contributed by atoms with Crippen LogP contribution in [0.4, 0.5) is 13.2 Å². The van der Waals surface area contributed by atoms with Gasteiger partial charge in [0, 0.05) is 0 Å². The number of hydrogen-bond donors (Lipinski definition) is 1. The number of rotatable bonds is 5. The molecule has 0 aliphatic heterocycles. The monoisotopic (exact) mass is 367 g/mol. The zero-order chi connectivity index (χ0) is 17.9. The molecule has 0 aliphatic carbocycles. The third kappa shape index (κ3) is 4.27. The van der Waals surface area contributed by atoms with Gasteiger partial charge in [0.25, 0.3) is 0 Å². The number of halogens is 3. The van der Waals surface area contributed by atoms with E-state index in [1.54, 1.807) is 10.9 Å². The Hall–Kier alpha value is -2.62. The highest BCUT2D eigenvalue weighted by Crippen LogP contribution is 2.25. The average molecular weight is 367 g/mol. The van der Waals surface area contributed by atoms with Gasteiger partial charge >= 0.3 is 6.18 Å². The number of nitrogens with zero attached hydrogens (tertiary/aromatic N) is 4. The van der Waals surface area contributed by atoms with Gasteiger partial charge in [0.15, 0.2) is 5.65 Å². The molecule has 0 radical (unpaired) electrons. The quantitative estimate of drug-likeness (QED) is 0.554. The SMILES string of the molecule is O=C(CSc1ncnc2c1cnn2-c1ccccc1)NCC(F)(F)F. The first-order valence-electron chi connectivity index (χ1n) is 7.14. The molecule has 0 spiro atoms. The molecule has 3 rings (SSSR count). The number of nitrogens with one attached hydrogen (secondary N) is 1. The van der Waals surface area contributed by atoms with Gasteiger partial charge in [-0.3, -0.25) is 4.79 Å². The number of amides is 1. The minimum atomic E-state index is -4.43. The summed E-state index contributed by atoms with van der Waals surface area (Å²) in [6.45, 7) is -1.35. The maximum atomic E-state index is 12.1. The van der Waals surface area contributed by atoms with Gasteiger partial charge in [-0.05, 0) is 12.1 Å². The second-order valence-corrected chi connectivity index (χ2v) is 5.95. The summed E-state index contributed by atoms with van der Waals surface area (Å²) in [6, 6.07) is 9.35. The normalized spacial score (nSPS) is 11.6. The van der Waals surface area contributed by atoms with Crippen LogP contribution in [0.25, 0.3) is 16.7 Å². The van der Waals surface area contributed by atoms with E-state index in [1.165, 1.54) is 6.33 Å². The third-order valence-electron chi connectivity index (χ3n) is 3.16. The van der Waals surface area contributed by atoms with Crippen LogP contribution in [0.1, 0.15) is 0 Å². The number of carbonyl (C=O) groups is 1. The van der Waals surface area contributed by atoms with E-state index >= 15 is 0 Å². The van der Waals surface area contributed by atoms with Gasteiger partial charge in [-0.1, -0.05) is 30.0 Å². The Bertz CT molecular complexity index is 882. The fraction of sp³-hybridized carbons (Fsp3) is 0.200. The Labute approximate surface area is 144 Å². The molecule has 130 valence electrons. The summed E-state index contributed by atoms with van der Waals surface area (Å²) in [5.74, 6) is -0.900. The summed E-state index contributed by atoms with van der Waals surface area (Å²) in [5, 5.41) is 7.20. The zero-order valence-electron chi connectivity index (χ0n) is 12.7. The molecule has 0 unspecified atom stereocenters. The number of thioether (sulfide) groups is 1. The number of para-hydroxylation sites is 1. The molecule has 1 amide bonds. The predicted octanol–water partition coefficient (Wildman–Crippen LogP) is 2.59. The van der Waals surface area contributed by atoms with Gasteiger partial charge in [-0.25, -0.2) is 14.6 Å². The molecule has 2 heterocycles. The fourth-order valence-electron chi connectivity index (χ4n) is 2.08. The predicted molar refractivity (Wildman–Crippen MR) is 86.4 cm³/mol. The molecule has 6 nitrogen and oxygen atoms in total. The average Bonchev–Trinajstić information content (AvgIpc) is 3.03. The Morgan fingerprint density at radius 3 is 2.68 bits per heavy atom. The molecule has 0 atom stereocenters. The molecule has 0 saturated heterocycles. The smallest absolute Gasteiger partial charge is 0.346 e. The molecule has 0 aliphatic rings. The van der Waals surface area contributed by atoms with Crippen LogP contribution < -0.4 is 5.32 Å². The number of fused-ring (bicyclic) bond motifs is 1. The van der Waals surface area contributed by atoms with Crippen molar-refractivity contribution in [1.82, 2.24) is 25.1 Å². The van der Waals surface area contributed by atoms with Crippen LogP contribution in [-0.4, -0.2) is 44.1 Å². The summed E-state index contributed by atoms with van der Waals surface area (Å²) in [6.07, 6.45) is -1.53. The Morgan fingerprint density at radius 2 is 1.96 bits per heavy atom. The van der Waals surface area contributed by atoms with E-state index in [1.807, 2.05) is 35.6 Å². The van der Waals surface area contributed by atoms with Crippen molar-refractivity contribution in [3.63, 3.8) is 0 Å². The largest absolute Gasteiger partial charge is 0.405 e. The van der Waals surface area contributed by atoms with Crippen LogP contribution in [0.15, 0.2) is 47.9 Å². The summed E-state index contributed by atoms with van der Waals surface area (Å²) in [5.41, 5.74) is 1.37. The molecular weight excluding hydrogens is 355 g/mol. The van der Waals surface area contributed by atoms with Gasteiger partial charge < -0.3 is 5.32 Å². The second kappa shape index (κ2) is 7.09. The van der Waals surface area contributed by atoms with Gasteiger partial charge in [-0.15, -0.1) is 0 Å². The molecular formula is C15H12F3N5OS. The highest BCUT2D eigenvalue weighted by Gasteiger charge is 2.27. The van der Waals surface area contributed by atoms with Crippen molar-refractivity contribution in [2.45, 2.75) is 11.2 Å². The van der Waals surface area contributed by atoms with E-state index in [4.69, 9.17) is 0 Å². The summed E-state index contributed by atoms with van der Waals surface area (Å²) < 4.78 is 37.9. The summed E-state index contributed by atoms with van der Waals surface area (Å²) in [4.78, 5) is 19.8. The van der Waals surface area contributed by atoms with Crippen molar-refractivity contribution in [2.75, 3.05) is 12.3 Å². The molecule has 0 fully saturated rings. The highest BCUT2D eigenvalue weighted by molar-refractivity contribution is 8.00. The molecule has 0 saturated carbocycles. The van der Waals surface area contributed by atoms with E-state index in [-0.39, 0.29) is 5.75 Å². The molecule has 1 aromatic carbocycles. The van der Waals surface area contributed by atoms with Crippen molar-refractivity contribution in [2.24, 2.45) is 0 Å². The van der Waals surface area contributed by atoms with Crippen molar-refractivity contribution in [3.8, 4) is 5.69 Å². The van der Waals surface area contributed by atoms with Crippen LogP contribution in [0.3, 0.4) is 0 Å². The Morgan fingerprint density at radius 1 is 1.20 bits per heavy atom. The minimum absolute atomic E-state index is 0.182. The molecule has 3 aromatic rings. The van der Waals surface area contributed by atoms with Gasteiger partial charge in [0.2, 0.25) is 5.91 Å². The first-order valence-corrected chi connectivity index (χ1v) is 8.13. The first kappa shape index (κ1) is 17.2. The lowest BCUT2D eigenvalue weighted by Gasteiger charge is -2.08. The van der Waals surface area contributed by atoms with Crippen molar-refractivity contribution in [1.29, 1.82) is 0 Å². The number of aromatic nitrogens is 4. The lowest BCUT2D eigenvalue weighted by atomic mass is 10.3. The van der Waals surface area contributed by atoms with Gasteiger partial charge in [0.05, 0.1) is 23.0 Å². The van der Waals surface area contributed by atoms with Crippen LogP contribution >= 0.6 is 11.8 Å². The van der Waals surface area contributed by atoms with Crippen molar-refractivity contribution >= 4 is 28.7 Å². The number of alkyl halides is 3. The van der Waals surface area contributed by atoms with E-state index in [9.17, 15) is 18.0 Å². The second-order valence-electron chi connectivity index (χ2n) is 4.99. The van der Waals surface area contributed by atoms with Crippen molar-refractivity contribution < 1.29 is 18.0 Å². The van der Waals surface area contributed by atoms with Gasteiger partial charge in [0.1, 0.15) is 17.9 Å². The molecule has 0 bridgehead atoms. The molecule has 2 aromatic heterocycles. The highest BCUT2D eigenvalue weighted by atomic mass is 32.2. The standard InChI is InChI=1S/C15H12F3N5OS/c16-15(17,18)8-19-12(24)7-25-14-11-6-22-23(13(11)20-9-21-14)10-4-2-1-3-5-10/h1-6,9H,7-8H2,(H,19,24). The Balaban J connectivity index is 1.75. The van der Waals surface area contributed by atoms with E-state index in [2.05, 4.69) is 15.1 Å². The van der Waals surface area contributed by atoms with Crippen LogP contribution in [0.5, 0.6) is 0 Å². The summed E-state index contributed by atoms with van der Waals surface area (Å²) >= 11 is 1.03. The zero-order valence-corrected chi connectivity index (χ0v) is 13.5. The van der Waals surface area contributed by atoms with Crippen LogP contribution in [-0.2, 0) is 4.79 Å². The van der Waals surface area contributed by atoms with Crippen LogP contribution in [0, 0.1) is 0 Å².